The first-order chi connectivity index (χ1) is 8.74. The highest BCUT2D eigenvalue weighted by Crippen LogP contribution is 2.25. The number of rotatable bonds is 5. The van der Waals surface area contributed by atoms with E-state index in [-0.39, 0.29) is 12.1 Å². The lowest BCUT2D eigenvalue weighted by Crippen LogP contribution is -2.39. The van der Waals surface area contributed by atoms with Gasteiger partial charge in [0.1, 0.15) is 6.54 Å². The van der Waals surface area contributed by atoms with E-state index in [1.54, 1.807) is 38.1 Å². The molecular weight excluding hydrogens is 253 g/mol. The van der Waals surface area contributed by atoms with Gasteiger partial charge < -0.3 is 10.6 Å². The molecule has 1 atom stereocenters. The van der Waals surface area contributed by atoms with Crippen LogP contribution in [-0.2, 0) is 0 Å². The summed E-state index contributed by atoms with van der Waals surface area (Å²) in [5.74, 6) is 0. The summed E-state index contributed by atoms with van der Waals surface area (Å²) in [6.07, 6.45) is -3.40. The van der Waals surface area contributed by atoms with Crippen molar-refractivity contribution in [2.24, 2.45) is 5.73 Å². The van der Waals surface area contributed by atoms with Crippen molar-refractivity contribution >= 4 is 5.69 Å². The van der Waals surface area contributed by atoms with Crippen LogP contribution in [-0.4, -0.2) is 18.8 Å². The van der Waals surface area contributed by atoms with Crippen LogP contribution in [0.25, 0.3) is 0 Å². The summed E-state index contributed by atoms with van der Waals surface area (Å²) in [7, 11) is 0. The minimum atomic E-state index is -4.21. The Balaban J connectivity index is 2.92. The van der Waals surface area contributed by atoms with E-state index < -0.39 is 12.7 Å². The summed E-state index contributed by atoms with van der Waals surface area (Å²) in [4.78, 5) is 1.33. The van der Waals surface area contributed by atoms with Crippen LogP contribution >= 0.6 is 0 Å². The standard InChI is InChI=1S/C14H21F3N2/c1-4-13(18)11-5-7-12(8-6-11)19(10(2)3)9-14(15,16)17/h5-8,10,13H,4,9,18H2,1-3H3. The maximum absolute atomic E-state index is 12.6. The van der Waals surface area contributed by atoms with Crippen LogP contribution < -0.4 is 10.6 Å². The average molecular weight is 274 g/mol. The maximum atomic E-state index is 12.6. The Kier molecular flexibility index (Phi) is 5.23. The van der Waals surface area contributed by atoms with Gasteiger partial charge in [-0.25, -0.2) is 0 Å². The van der Waals surface area contributed by atoms with Crippen LogP contribution in [0.4, 0.5) is 18.9 Å². The molecular formula is C14H21F3N2. The third-order valence-corrected chi connectivity index (χ3v) is 3.07. The number of benzene rings is 1. The second kappa shape index (κ2) is 6.28. The van der Waals surface area contributed by atoms with Gasteiger partial charge in [-0.05, 0) is 38.0 Å². The largest absolute Gasteiger partial charge is 0.405 e. The van der Waals surface area contributed by atoms with Crippen molar-refractivity contribution in [2.75, 3.05) is 11.4 Å². The van der Waals surface area contributed by atoms with E-state index in [1.807, 2.05) is 6.92 Å². The van der Waals surface area contributed by atoms with E-state index in [0.29, 0.717) is 5.69 Å². The summed E-state index contributed by atoms with van der Waals surface area (Å²) in [5, 5.41) is 0. The van der Waals surface area contributed by atoms with Crippen molar-refractivity contribution in [3.05, 3.63) is 29.8 Å². The fourth-order valence-electron chi connectivity index (χ4n) is 1.91. The molecule has 108 valence electrons. The fraction of sp³-hybridized carbons (Fsp3) is 0.571. The molecule has 0 saturated carbocycles. The summed E-state index contributed by atoms with van der Waals surface area (Å²) in [5.41, 5.74) is 7.40. The van der Waals surface area contributed by atoms with E-state index >= 15 is 0 Å². The molecule has 1 aromatic carbocycles. The Morgan fingerprint density at radius 2 is 1.68 bits per heavy atom. The van der Waals surface area contributed by atoms with Gasteiger partial charge in [-0.2, -0.15) is 13.2 Å². The predicted octanol–water partition coefficient (Wildman–Crippen LogP) is 3.87. The Bertz CT molecular complexity index is 385. The van der Waals surface area contributed by atoms with Gasteiger partial charge in [-0.1, -0.05) is 19.1 Å². The molecule has 0 spiro atoms. The number of nitrogens with two attached hydrogens (primary N) is 1. The Morgan fingerprint density at radius 1 is 1.16 bits per heavy atom. The Hall–Kier alpha value is -1.23. The van der Waals surface area contributed by atoms with Crippen molar-refractivity contribution in [1.82, 2.24) is 0 Å². The van der Waals surface area contributed by atoms with Crippen LogP contribution in [0.3, 0.4) is 0 Å². The number of hydrogen-bond donors (Lipinski definition) is 1. The lowest BCUT2D eigenvalue weighted by atomic mass is 10.0. The Morgan fingerprint density at radius 3 is 2.05 bits per heavy atom. The van der Waals surface area contributed by atoms with Crippen molar-refractivity contribution in [3.63, 3.8) is 0 Å². The van der Waals surface area contributed by atoms with Gasteiger partial charge in [-0.3, -0.25) is 0 Å². The zero-order valence-corrected chi connectivity index (χ0v) is 11.5. The molecule has 0 aliphatic rings. The number of anilines is 1. The quantitative estimate of drug-likeness (QED) is 0.883. The minimum absolute atomic E-state index is 0.0656. The smallest absolute Gasteiger partial charge is 0.360 e. The van der Waals surface area contributed by atoms with Crippen molar-refractivity contribution in [2.45, 2.75) is 45.5 Å². The number of halogens is 3. The van der Waals surface area contributed by atoms with E-state index in [4.69, 9.17) is 5.73 Å². The third kappa shape index (κ3) is 4.74. The fourth-order valence-corrected chi connectivity index (χ4v) is 1.91. The number of alkyl halides is 3. The molecule has 0 radical (unpaired) electrons. The first-order valence-electron chi connectivity index (χ1n) is 6.43. The van der Waals surface area contributed by atoms with Gasteiger partial charge in [0.15, 0.2) is 0 Å². The molecule has 1 aromatic rings. The molecule has 0 fully saturated rings. The molecule has 0 heterocycles. The number of hydrogen-bond acceptors (Lipinski definition) is 2. The third-order valence-electron chi connectivity index (χ3n) is 3.07. The van der Waals surface area contributed by atoms with Gasteiger partial charge in [0.05, 0.1) is 0 Å². The van der Waals surface area contributed by atoms with Crippen LogP contribution in [0.5, 0.6) is 0 Å². The van der Waals surface area contributed by atoms with Crippen LogP contribution in [0.15, 0.2) is 24.3 Å². The number of nitrogens with zero attached hydrogens (tertiary/aromatic N) is 1. The second-order valence-electron chi connectivity index (χ2n) is 4.94. The highest BCUT2D eigenvalue weighted by Gasteiger charge is 2.32. The predicted molar refractivity (Wildman–Crippen MR) is 72.2 cm³/mol. The summed E-state index contributed by atoms with van der Waals surface area (Å²) in [6, 6.07) is 6.73. The first kappa shape index (κ1) is 15.8. The van der Waals surface area contributed by atoms with E-state index in [1.165, 1.54) is 4.90 Å². The average Bonchev–Trinajstić information content (AvgIpc) is 2.34. The highest BCUT2D eigenvalue weighted by molar-refractivity contribution is 5.49. The van der Waals surface area contributed by atoms with Crippen LogP contribution in [0, 0.1) is 0 Å². The maximum Gasteiger partial charge on any atom is 0.405 e. The van der Waals surface area contributed by atoms with Gasteiger partial charge >= 0.3 is 6.18 Å². The van der Waals surface area contributed by atoms with E-state index in [0.717, 1.165) is 12.0 Å². The molecule has 1 rings (SSSR count). The van der Waals surface area contributed by atoms with Crippen molar-refractivity contribution in [1.29, 1.82) is 0 Å². The lowest BCUT2D eigenvalue weighted by molar-refractivity contribution is -0.120. The molecule has 0 amide bonds. The molecule has 0 saturated heterocycles. The van der Waals surface area contributed by atoms with E-state index in [2.05, 4.69) is 0 Å². The zero-order chi connectivity index (χ0) is 14.6. The monoisotopic (exact) mass is 274 g/mol. The molecule has 19 heavy (non-hydrogen) atoms. The molecule has 0 aliphatic heterocycles. The summed E-state index contributed by atoms with van der Waals surface area (Å²) >= 11 is 0. The van der Waals surface area contributed by atoms with Crippen molar-refractivity contribution < 1.29 is 13.2 Å². The van der Waals surface area contributed by atoms with Gasteiger partial charge in [0.25, 0.3) is 0 Å². The molecule has 5 heteroatoms. The first-order valence-corrected chi connectivity index (χ1v) is 6.43. The topological polar surface area (TPSA) is 29.3 Å². The normalized spacial score (nSPS) is 13.7. The van der Waals surface area contributed by atoms with Gasteiger partial charge in [0, 0.05) is 17.8 Å². The van der Waals surface area contributed by atoms with Crippen LogP contribution in [0.1, 0.15) is 38.8 Å². The van der Waals surface area contributed by atoms with Gasteiger partial charge in [0.2, 0.25) is 0 Å². The molecule has 1 unspecified atom stereocenters. The van der Waals surface area contributed by atoms with Gasteiger partial charge in [-0.15, -0.1) is 0 Å². The van der Waals surface area contributed by atoms with E-state index in [9.17, 15) is 13.2 Å². The van der Waals surface area contributed by atoms with Crippen molar-refractivity contribution in [3.8, 4) is 0 Å². The van der Waals surface area contributed by atoms with Crippen LogP contribution in [0.2, 0.25) is 0 Å². The molecule has 0 aliphatic carbocycles. The second-order valence-corrected chi connectivity index (χ2v) is 4.94. The molecule has 0 bridgehead atoms. The molecule has 0 aromatic heterocycles. The minimum Gasteiger partial charge on any atom is -0.360 e. The Labute approximate surface area is 112 Å². The SMILES string of the molecule is CCC(N)c1ccc(N(CC(F)(F)F)C(C)C)cc1. The molecule has 2 N–H and O–H groups in total. The summed E-state index contributed by atoms with van der Waals surface area (Å²) in [6.45, 7) is 4.53. The lowest BCUT2D eigenvalue weighted by Gasteiger charge is -2.30. The highest BCUT2D eigenvalue weighted by atomic mass is 19.4. The zero-order valence-electron chi connectivity index (χ0n) is 11.5. The molecule has 2 nitrogen and oxygen atoms in total. The summed E-state index contributed by atoms with van der Waals surface area (Å²) < 4.78 is 37.7.